The van der Waals surface area contributed by atoms with Gasteiger partial charge in [-0.15, -0.1) is 0 Å². The van der Waals surface area contributed by atoms with Gasteiger partial charge in [0.2, 0.25) is 11.8 Å². The second kappa shape index (κ2) is 9.96. The number of amides is 2. The highest BCUT2D eigenvalue weighted by Crippen LogP contribution is 2.29. The third-order valence-corrected chi connectivity index (χ3v) is 5.03. The number of ether oxygens (including phenoxy) is 4. The maximum absolute atomic E-state index is 11.7. The van der Waals surface area contributed by atoms with Crippen molar-refractivity contribution in [3.05, 3.63) is 0 Å². The number of aliphatic hydroxyl groups is 2. The Kier molecular flexibility index (Phi) is 8.10. The van der Waals surface area contributed by atoms with Gasteiger partial charge in [-0.05, 0) is 6.92 Å². The molecule has 10 atom stereocenters. The summed E-state index contributed by atoms with van der Waals surface area (Å²) in [5.41, 5.74) is 5.89. The van der Waals surface area contributed by atoms with Crippen LogP contribution in [-0.2, 0) is 33.3 Å². The number of hydrogen-bond acceptors (Lipinski definition) is 10. The highest BCUT2D eigenvalue weighted by molar-refractivity contribution is 5.75. The van der Waals surface area contributed by atoms with Crippen LogP contribution in [0.15, 0.2) is 0 Å². The fourth-order valence-electron chi connectivity index (χ4n) is 3.52. The summed E-state index contributed by atoms with van der Waals surface area (Å²) in [5, 5.41) is 35.7. The zero-order valence-electron chi connectivity index (χ0n) is 17.1. The molecule has 0 aromatic carbocycles. The number of hydrogen-bond donors (Lipinski definition) is 6. The Morgan fingerprint density at radius 1 is 0.967 bits per heavy atom. The van der Waals surface area contributed by atoms with Gasteiger partial charge in [0.1, 0.15) is 24.3 Å². The molecule has 2 fully saturated rings. The lowest BCUT2D eigenvalue weighted by Crippen LogP contribution is -2.70. The minimum Gasteiger partial charge on any atom is -0.479 e. The SMILES string of the molecule is CO[C@@H]1OC(C(=O)O)[C@H](O[C@@H]2OC(C)[C@H](N)C(O)[C@@H]2NC(C)=O)C(O)[C@@H]1NC(C)=O. The summed E-state index contributed by atoms with van der Waals surface area (Å²) in [4.78, 5) is 34.8. The van der Waals surface area contributed by atoms with E-state index in [0.717, 1.165) is 0 Å². The van der Waals surface area contributed by atoms with Crippen LogP contribution in [0.1, 0.15) is 20.8 Å². The van der Waals surface area contributed by atoms with Crippen LogP contribution in [0.3, 0.4) is 0 Å². The van der Waals surface area contributed by atoms with Crippen molar-refractivity contribution in [3.8, 4) is 0 Å². The van der Waals surface area contributed by atoms with E-state index in [4.69, 9.17) is 24.7 Å². The quantitative estimate of drug-likeness (QED) is 0.243. The minimum atomic E-state index is -1.69. The van der Waals surface area contributed by atoms with E-state index in [9.17, 15) is 29.7 Å². The molecule has 2 heterocycles. The van der Waals surface area contributed by atoms with E-state index in [1.807, 2.05) is 0 Å². The van der Waals surface area contributed by atoms with Gasteiger partial charge in [0.15, 0.2) is 18.7 Å². The zero-order chi connectivity index (χ0) is 22.7. The van der Waals surface area contributed by atoms with Crippen molar-refractivity contribution in [3.63, 3.8) is 0 Å². The highest BCUT2D eigenvalue weighted by Gasteiger charge is 2.53. The van der Waals surface area contributed by atoms with Crippen LogP contribution in [0.25, 0.3) is 0 Å². The summed E-state index contributed by atoms with van der Waals surface area (Å²) in [7, 11) is 1.22. The lowest BCUT2D eigenvalue weighted by molar-refractivity contribution is -0.312. The fourth-order valence-corrected chi connectivity index (χ4v) is 3.52. The average molecular weight is 435 g/mol. The third kappa shape index (κ3) is 5.24. The summed E-state index contributed by atoms with van der Waals surface area (Å²) in [5.74, 6) is -2.49. The Balaban J connectivity index is 2.33. The summed E-state index contributed by atoms with van der Waals surface area (Å²) in [6.07, 6.45) is -9.43. The van der Waals surface area contributed by atoms with Crippen molar-refractivity contribution in [2.24, 2.45) is 5.73 Å². The van der Waals surface area contributed by atoms with Crippen LogP contribution in [-0.4, -0.2) is 101 Å². The number of rotatable bonds is 6. The van der Waals surface area contributed by atoms with Crippen LogP contribution >= 0.6 is 0 Å². The van der Waals surface area contributed by atoms with E-state index in [-0.39, 0.29) is 0 Å². The van der Waals surface area contributed by atoms with Gasteiger partial charge in [-0.25, -0.2) is 4.79 Å². The molecule has 0 aliphatic carbocycles. The lowest BCUT2D eigenvalue weighted by atomic mass is 9.94. The second-order valence-electron chi connectivity index (χ2n) is 7.32. The van der Waals surface area contributed by atoms with E-state index < -0.39 is 79.0 Å². The van der Waals surface area contributed by atoms with Crippen LogP contribution in [0, 0.1) is 0 Å². The first-order chi connectivity index (χ1) is 14.0. The number of methoxy groups -OCH3 is 1. The van der Waals surface area contributed by atoms with Gasteiger partial charge in [-0.1, -0.05) is 0 Å². The van der Waals surface area contributed by atoms with E-state index in [0.29, 0.717) is 0 Å². The van der Waals surface area contributed by atoms with Gasteiger partial charge in [-0.2, -0.15) is 0 Å². The smallest absolute Gasteiger partial charge is 0.335 e. The van der Waals surface area contributed by atoms with Gasteiger partial charge in [0, 0.05) is 21.0 Å². The van der Waals surface area contributed by atoms with Gasteiger partial charge >= 0.3 is 5.97 Å². The fraction of sp³-hybridized carbons (Fsp3) is 0.824. The van der Waals surface area contributed by atoms with Crippen molar-refractivity contribution in [1.29, 1.82) is 0 Å². The summed E-state index contributed by atoms with van der Waals surface area (Å²) >= 11 is 0. The van der Waals surface area contributed by atoms with Crippen molar-refractivity contribution in [1.82, 2.24) is 10.6 Å². The maximum Gasteiger partial charge on any atom is 0.335 e. The normalized spacial score (nSPS) is 41.7. The maximum atomic E-state index is 11.7. The number of aliphatic carboxylic acids is 1. The number of carbonyl (C=O) groups is 3. The molecule has 0 aromatic rings. The highest BCUT2D eigenvalue weighted by atomic mass is 16.7. The first-order valence-corrected chi connectivity index (χ1v) is 9.35. The lowest BCUT2D eigenvalue weighted by Gasteiger charge is -2.47. The van der Waals surface area contributed by atoms with Crippen LogP contribution in [0.5, 0.6) is 0 Å². The molecule has 2 aliphatic heterocycles. The summed E-state index contributed by atoms with van der Waals surface area (Å²) in [6, 6.07) is -3.15. The van der Waals surface area contributed by atoms with Gasteiger partial charge in [0.05, 0.1) is 18.2 Å². The topological polar surface area (TPSA) is 199 Å². The molecule has 7 N–H and O–H groups in total. The van der Waals surface area contributed by atoms with E-state index in [1.54, 1.807) is 6.92 Å². The van der Waals surface area contributed by atoms with E-state index in [2.05, 4.69) is 10.6 Å². The monoisotopic (exact) mass is 435 g/mol. The van der Waals surface area contributed by atoms with E-state index in [1.165, 1.54) is 21.0 Å². The molecule has 2 aliphatic rings. The zero-order valence-corrected chi connectivity index (χ0v) is 17.1. The molecule has 0 spiro atoms. The second-order valence-corrected chi connectivity index (χ2v) is 7.32. The van der Waals surface area contributed by atoms with Crippen LogP contribution in [0.4, 0.5) is 0 Å². The molecule has 0 bridgehead atoms. The molecule has 13 heteroatoms. The number of carboxylic acids is 1. The molecule has 172 valence electrons. The van der Waals surface area contributed by atoms with Gasteiger partial charge < -0.3 is 50.6 Å². The Morgan fingerprint density at radius 2 is 1.50 bits per heavy atom. The summed E-state index contributed by atoms with van der Waals surface area (Å²) in [6.45, 7) is 3.98. The number of carbonyl (C=O) groups excluding carboxylic acids is 2. The number of aliphatic hydroxyl groups excluding tert-OH is 2. The number of nitrogens with two attached hydrogens (primary N) is 1. The van der Waals surface area contributed by atoms with E-state index >= 15 is 0 Å². The molecule has 13 nitrogen and oxygen atoms in total. The summed E-state index contributed by atoms with van der Waals surface area (Å²) < 4.78 is 21.8. The Hall–Kier alpha value is -1.87. The molecule has 2 rings (SSSR count). The van der Waals surface area contributed by atoms with Gasteiger partial charge in [-0.3, -0.25) is 9.59 Å². The Morgan fingerprint density at radius 3 is 1.97 bits per heavy atom. The van der Waals surface area contributed by atoms with Crippen molar-refractivity contribution < 1.29 is 48.7 Å². The molecule has 4 unspecified atom stereocenters. The van der Waals surface area contributed by atoms with Gasteiger partial charge in [0.25, 0.3) is 0 Å². The third-order valence-electron chi connectivity index (χ3n) is 5.03. The predicted octanol–water partition coefficient (Wildman–Crippen LogP) is -3.37. The molecule has 2 saturated heterocycles. The predicted molar refractivity (Wildman–Crippen MR) is 97.7 cm³/mol. The molecule has 2 amide bonds. The molecule has 0 saturated carbocycles. The molecular formula is C17H29N3O10. The Labute approximate surface area is 172 Å². The number of nitrogens with one attached hydrogen (secondary N) is 2. The van der Waals surface area contributed by atoms with Crippen molar-refractivity contribution in [2.45, 2.75) is 82.0 Å². The average Bonchev–Trinajstić information content (AvgIpc) is 2.65. The number of carboxylic acid groups (broad SMARTS) is 1. The molecular weight excluding hydrogens is 406 g/mol. The molecule has 30 heavy (non-hydrogen) atoms. The molecule has 0 radical (unpaired) electrons. The first-order valence-electron chi connectivity index (χ1n) is 9.35. The van der Waals surface area contributed by atoms with Crippen LogP contribution in [0.2, 0.25) is 0 Å². The van der Waals surface area contributed by atoms with Crippen molar-refractivity contribution in [2.75, 3.05) is 7.11 Å². The molecule has 0 aromatic heterocycles. The standard InChI is InChI=1S/C17H29N3O10/c1-5-8(18)11(23)9(19-6(2)21)17(28-5)29-13-12(24)10(20-7(3)22)16(27-4)30-14(13)15(25)26/h5,8-14,16-17,23-24H,18H2,1-4H3,(H,19,21)(H,20,22)(H,25,26)/t5?,8-,9-,10-,11?,12?,13+,14?,16+,17-/m0/s1. The van der Waals surface area contributed by atoms with Crippen LogP contribution < -0.4 is 16.4 Å². The van der Waals surface area contributed by atoms with Crippen molar-refractivity contribution >= 4 is 17.8 Å². The first kappa shape index (κ1) is 24.4. The minimum absolute atomic E-state index is 0.510. The Bertz CT molecular complexity index is 649. The largest absolute Gasteiger partial charge is 0.479 e.